The first-order valence-corrected chi connectivity index (χ1v) is 8.70. The third-order valence-corrected chi connectivity index (χ3v) is 5.33. The average molecular weight is 305 g/mol. The highest BCUT2D eigenvalue weighted by atomic mass is 32.1. The Kier molecular flexibility index (Phi) is 3.79. The van der Waals surface area contributed by atoms with Crippen molar-refractivity contribution in [2.24, 2.45) is 0 Å². The highest BCUT2D eigenvalue weighted by Crippen LogP contribution is 2.32. The highest BCUT2D eigenvalue weighted by Gasteiger charge is 2.15. The van der Waals surface area contributed by atoms with Crippen molar-refractivity contribution < 1.29 is 0 Å². The monoisotopic (exact) mass is 305 g/mol. The minimum Gasteiger partial charge on any atom is -0.295 e. The van der Waals surface area contributed by atoms with Gasteiger partial charge in [-0.05, 0) is 40.0 Å². The second-order valence-corrected chi connectivity index (χ2v) is 6.76. The van der Waals surface area contributed by atoms with Crippen molar-refractivity contribution in [1.29, 1.82) is 0 Å². The lowest BCUT2D eigenvalue weighted by Gasteiger charge is -2.26. The zero-order valence-corrected chi connectivity index (χ0v) is 13.4. The molecule has 2 aromatic carbocycles. The van der Waals surface area contributed by atoms with E-state index in [1.165, 1.54) is 26.8 Å². The van der Waals surface area contributed by atoms with Gasteiger partial charge in [-0.15, -0.1) is 11.3 Å². The highest BCUT2D eigenvalue weighted by molar-refractivity contribution is 7.17. The predicted molar refractivity (Wildman–Crippen MR) is 96.1 cm³/mol. The SMILES string of the molecule is C1=C(c2cccc3ccsc23)CCN(Cc2ccccc2)C1. The predicted octanol–water partition coefficient (Wildman–Crippen LogP) is 5.19. The molecular weight excluding hydrogens is 286 g/mol. The molecule has 110 valence electrons. The smallest absolute Gasteiger partial charge is 0.0417 e. The molecule has 1 aliphatic heterocycles. The Morgan fingerprint density at radius 3 is 2.68 bits per heavy atom. The summed E-state index contributed by atoms with van der Waals surface area (Å²) < 4.78 is 1.44. The molecule has 0 bridgehead atoms. The van der Waals surface area contributed by atoms with Crippen molar-refractivity contribution in [3.63, 3.8) is 0 Å². The minimum atomic E-state index is 1.05. The summed E-state index contributed by atoms with van der Waals surface area (Å²) in [7, 11) is 0. The lowest BCUT2D eigenvalue weighted by Crippen LogP contribution is -2.27. The van der Waals surface area contributed by atoms with Crippen LogP contribution in [0.4, 0.5) is 0 Å². The summed E-state index contributed by atoms with van der Waals surface area (Å²) in [4.78, 5) is 2.52. The van der Waals surface area contributed by atoms with E-state index in [-0.39, 0.29) is 0 Å². The number of fused-ring (bicyclic) bond motifs is 1. The normalized spacial score (nSPS) is 15.9. The van der Waals surface area contributed by atoms with Crippen LogP contribution in [0.3, 0.4) is 0 Å². The van der Waals surface area contributed by atoms with E-state index in [0.29, 0.717) is 0 Å². The lowest BCUT2D eigenvalue weighted by atomic mass is 9.98. The van der Waals surface area contributed by atoms with Gasteiger partial charge in [-0.3, -0.25) is 4.90 Å². The quantitative estimate of drug-likeness (QED) is 0.643. The molecule has 0 spiro atoms. The topological polar surface area (TPSA) is 3.24 Å². The zero-order chi connectivity index (χ0) is 14.8. The van der Waals surface area contributed by atoms with E-state index >= 15 is 0 Å². The maximum atomic E-state index is 2.52. The van der Waals surface area contributed by atoms with E-state index in [0.717, 1.165) is 26.1 Å². The first-order chi connectivity index (χ1) is 10.9. The maximum Gasteiger partial charge on any atom is 0.0417 e. The first-order valence-electron chi connectivity index (χ1n) is 7.82. The number of thiophene rings is 1. The second-order valence-electron chi connectivity index (χ2n) is 5.84. The van der Waals surface area contributed by atoms with Crippen molar-refractivity contribution in [3.8, 4) is 0 Å². The fourth-order valence-corrected chi connectivity index (χ4v) is 4.14. The molecule has 0 aliphatic carbocycles. The summed E-state index contributed by atoms with van der Waals surface area (Å²) in [5.41, 5.74) is 4.35. The molecular formula is C20H19NS. The number of nitrogens with zero attached hydrogens (tertiary/aromatic N) is 1. The van der Waals surface area contributed by atoms with Gasteiger partial charge in [-0.25, -0.2) is 0 Å². The molecule has 1 aromatic heterocycles. The Hall–Kier alpha value is -1.90. The van der Waals surface area contributed by atoms with Crippen molar-refractivity contribution in [2.45, 2.75) is 13.0 Å². The molecule has 0 unspecified atom stereocenters. The first kappa shape index (κ1) is 13.7. The Balaban J connectivity index is 1.53. The molecule has 1 nitrogen and oxygen atoms in total. The van der Waals surface area contributed by atoms with Crippen LogP contribution >= 0.6 is 11.3 Å². The Morgan fingerprint density at radius 2 is 1.86 bits per heavy atom. The third kappa shape index (κ3) is 2.72. The van der Waals surface area contributed by atoms with Crippen LogP contribution in [0.2, 0.25) is 0 Å². The standard InChI is InChI=1S/C20H19NS/c1-2-5-16(6-3-1)15-21-12-9-17(10-13-21)19-8-4-7-18-11-14-22-20(18)19/h1-9,11,14H,10,12-13,15H2. The third-order valence-electron chi connectivity index (χ3n) is 4.37. The number of benzene rings is 2. The van der Waals surface area contributed by atoms with E-state index in [9.17, 15) is 0 Å². The van der Waals surface area contributed by atoms with E-state index in [1.807, 2.05) is 11.3 Å². The van der Waals surface area contributed by atoms with Gasteiger partial charge in [0.25, 0.3) is 0 Å². The molecule has 4 rings (SSSR count). The van der Waals surface area contributed by atoms with Crippen LogP contribution in [0.25, 0.3) is 15.7 Å². The van der Waals surface area contributed by atoms with Crippen LogP contribution in [-0.2, 0) is 6.54 Å². The molecule has 0 atom stereocenters. The molecule has 0 amide bonds. The van der Waals surface area contributed by atoms with Crippen LogP contribution in [0, 0.1) is 0 Å². The van der Waals surface area contributed by atoms with E-state index in [2.05, 4.69) is 71.0 Å². The van der Waals surface area contributed by atoms with Crippen LogP contribution < -0.4 is 0 Å². The summed E-state index contributed by atoms with van der Waals surface area (Å²) in [6.45, 7) is 3.24. The van der Waals surface area contributed by atoms with E-state index in [1.54, 1.807) is 0 Å². The van der Waals surface area contributed by atoms with Crippen molar-refractivity contribution in [2.75, 3.05) is 13.1 Å². The zero-order valence-electron chi connectivity index (χ0n) is 12.5. The van der Waals surface area contributed by atoms with Gasteiger partial charge < -0.3 is 0 Å². The van der Waals surface area contributed by atoms with Gasteiger partial charge in [0.1, 0.15) is 0 Å². The minimum absolute atomic E-state index is 1.05. The molecule has 3 aromatic rings. The number of hydrogen-bond donors (Lipinski definition) is 0. The van der Waals surface area contributed by atoms with Crippen LogP contribution in [0.1, 0.15) is 17.5 Å². The van der Waals surface area contributed by atoms with Gasteiger partial charge >= 0.3 is 0 Å². The molecule has 0 N–H and O–H groups in total. The van der Waals surface area contributed by atoms with E-state index in [4.69, 9.17) is 0 Å². The molecule has 0 radical (unpaired) electrons. The molecule has 0 saturated heterocycles. The fraction of sp³-hybridized carbons (Fsp3) is 0.200. The van der Waals surface area contributed by atoms with Crippen molar-refractivity contribution in [3.05, 3.63) is 77.2 Å². The molecule has 2 heterocycles. The van der Waals surface area contributed by atoms with Crippen LogP contribution in [0.5, 0.6) is 0 Å². The average Bonchev–Trinajstić information content (AvgIpc) is 3.05. The fourth-order valence-electron chi connectivity index (χ4n) is 3.19. The summed E-state index contributed by atoms with van der Waals surface area (Å²) >= 11 is 1.86. The number of rotatable bonds is 3. The maximum absolute atomic E-state index is 2.52. The van der Waals surface area contributed by atoms with Crippen LogP contribution in [-0.4, -0.2) is 18.0 Å². The Morgan fingerprint density at radius 1 is 0.955 bits per heavy atom. The van der Waals surface area contributed by atoms with Gasteiger partial charge in [0.05, 0.1) is 0 Å². The Labute approximate surface area is 135 Å². The van der Waals surface area contributed by atoms with Gasteiger partial charge in [0.15, 0.2) is 0 Å². The summed E-state index contributed by atoms with van der Waals surface area (Å²) in [6.07, 6.45) is 3.56. The lowest BCUT2D eigenvalue weighted by molar-refractivity contribution is 0.294. The molecule has 0 fully saturated rings. The summed E-state index contributed by atoms with van der Waals surface area (Å²) in [5, 5.41) is 3.56. The Bertz CT molecular complexity index is 801. The second kappa shape index (κ2) is 6.07. The summed E-state index contributed by atoms with van der Waals surface area (Å²) in [5.74, 6) is 0. The van der Waals surface area contributed by atoms with Gasteiger partial charge in [-0.2, -0.15) is 0 Å². The largest absolute Gasteiger partial charge is 0.295 e. The molecule has 1 aliphatic rings. The molecule has 0 saturated carbocycles. The van der Waals surface area contributed by atoms with Gasteiger partial charge in [-0.1, -0.05) is 54.6 Å². The summed E-state index contributed by atoms with van der Waals surface area (Å²) in [6, 6.07) is 19.6. The van der Waals surface area contributed by atoms with Crippen molar-refractivity contribution in [1.82, 2.24) is 4.90 Å². The van der Waals surface area contributed by atoms with Gasteiger partial charge in [0.2, 0.25) is 0 Å². The van der Waals surface area contributed by atoms with Crippen LogP contribution in [0.15, 0.2) is 66.1 Å². The molecule has 2 heteroatoms. The van der Waals surface area contributed by atoms with Gasteiger partial charge in [0, 0.05) is 24.3 Å². The molecule has 22 heavy (non-hydrogen) atoms. The number of hydrogen-bond acceptors (Lipinski definition) is 2. The van der Waals surface area contributed by atoms with E-state index < -0.39 is 0 Å². The van der Waals surface area contributed by atoms with Crippen molar-refractivity contribution >= 4 is 27.0 Å².